The predicted molar refractivity (Wildman–Crippen MR) is 105 cm³/mol. The molecule has 0 spiro atoms. The molecule has 0 radical (unpaired) electrons. The van der Waals surface area contributed by atoms with Crippen molar-refractivity contribution in [2.24, 2.45) is 0 Å². The number of aromatic nitrogens is 1. The van der Waals surface area contributed by atoms with Crippen molar-refractivity contribution in [1.29, 1.82) is 0 Å². The van der Waals surface area contributed by atoms with Crippen LogP contribution in [-0.2, 0) is 11.4 Å². The number of halogens is 2. The molecule has 7 heteroatoms. The minimum atomic E-state index is -0.534. The molecule has 0 atom stereocenters. The van der Waals surface area contributed by atoms with E-state index in [0.29, 0.717) is 30.2 Å². The molecule has 0 amide bonds. The van der Waals surface area contributed by atoms with E-state index in [0.717, 1.165) is 5.56 Å². The number of hydrogen-bond donors (Lipinski definition) is 0. The van der Waals surface area contributed by atoms with Crippen LogP contribution in [0.1, 0.15) is 5.69 Å². The van der Waals surface area contributed by atoms with Gasteiger partial charge >= 0.3 is 0 Å². The minimum absolute atomic E-state index is 0.0849. The molecule has 152 valence electrons. The predicted octanol–water partition coefficient (Wildman–Crippen LogP) is 4.48. The van der Waals surface area contributed by atoms with Crippen molar-refractivity contribution in [1.82, 2.24) is 10.0 Å². The number of nitrogens with zero attached hydrogens (tertiary/aromatic N) is 2. The Morgan fingerprint density at radius 1 is 0.931 bits per heavy atom. The van der Waals surface area contributed by atoms with E-state index in [1.165, 1.54) is 24.4 Å². The molecule has 0 saturated carbocycles. The van der Waals surface area contributed by atoms with Crippen LogP contribution in [0.5, 0.6) is 11.5 Å². The average Bonchev–Trinajstić information content (AvgIpc) is 2.74. The molecule has 0 fully saturated rings. The quantitative estimate of drug-likeness (QED) is 0.496. The summed E-state index contributed by atoms with van der Waals surface area (Å²) in [7, 11) is 3.32. The lowest BCUT2D eigenvalue weighted by Gasteiger charge is -2.14. The highest BCUT2D eigenvalue weighted by molar-refractivity contribution is 5.65. The summed E-state index contributed by atoms with van der Waals surface area (Å²) in [6.45, 7) is 0.773. The van der Waals surface area contributed by atoms with Gasteiger partial charge in [0.2, 0.25) is 0 Å². The molecule has 29 heavy (non-hydrogen) atoms. The van der Waals surface area contributed by atoms with Gasteiger partial charge in [-0.05, 0) is 23.8 Å². The Morgan fingerprint density at radius 2 is 1.72 bits per heavy atom. The first kappa shape index (κ1) is 20.7. The van der Waals surface area contributed by atoms with Crippen molar-refractivity contribution < 1.29 is 23.1 Å². The van der Waals surface area contributed by atoms with Gasteiger partial charge in [0, 0.05) is 18.7 Å². The summed E-state index contributed by atoms with van der Waals surface area (Å²) in [6, 6.07) is 14.8. The van der Waals surface area contributed by atoms with Gasteiger partial charge in [-0.3, -0.25) is 4.98 Å². The molecule has 5 nitrogen and oxygen atoms in total. The summed E-state index contributed by atoms with van der Waals surface area (Å²) >= 11 is 0. The average molecular weight is 400 g/mol. The molecule has 0 aliphatic rings. The molecule has 3 rings (SSSR count). The minimum Gasteiger partial charge on any atom is -0.490 e. The maximum absolute atomic E-state index is 14.3. The van der Waals surface area contributed by atoms with Gasteiger partial charge < -0.3 is 14.3 Å². The van der Waals surface area contributed by atoms with Crippen LogP contribution in [0.4, 0.5) is 8.78 Å². The van der Waals surface area contributed by atoms with Crippen molar-refractivity contribution in [3.05, 3.63) is 78.1 Å². The molecule has 2 aromatic carbocycles. The first-order chi connectivity index (χ1) is 14.1. The van der Waals surface area contributed by atoms with E-state index in [-0.39, 0.29) is 18.1 Å². The van der Waals surface area contributed by atoms with Gasteiger partial charge in [-0.15, -0.1) is 0 Å². The summed E-state index contributed by atoms with van der Waals surface area (Å²) in [5.41, 5.74) is 1.29. The van der Waals surface area contributed by atoms with Crippen molar-refractivity contribution in [3.8, 4) is 22.6 Å². The van der Waals surface area contributed by atoms with Crippen molar-refractivity contribution in [3.63, 3.8) is 0 Å². The normalized spacial score (nSPS) is 10.9. The maximum atomic E-state index is 14.3. The number of hydrogen-bond acceptors (Lipinski definition) is 5. The highest BCUT2D eigenvalue weighted by atomic mass is 19.1. The second-order valence-electron chi connectivity index (χ2n) is 6.28. The molecule has 0 N–H and O–H groups in total. The second kappa shape index (κ2) is 9.95. The number of rotatable bonds is 9. The van der Waals surface area contributed by atoms with Crippen molar-refractivity contribution >= 4 is 0 Å². The lowest BCUT2D eigenvalue weighted by atomic mass is 10.1. The Kier molecular flexibility index (Phi) is 7.10. The molecule has 0 bridgehead atoms. The SMILES string of the molecule is CON(C)CCOc1cnc(COc2ccc(F)c(-c3ccccc3)c2)c(F)c1. The van der Waals surface area contributed by atoms with Crippen molar-refractivity contribution in [2.75, 3.05) is 27.3 Å². The van der Waals surface area contributed by atoms with Gasteiger partial charge in [0.05, 0.1) is 19.9 Å². The van der Waals surface area contributed by atoms with E-state index in [2.05, 4.69) is 4.98 Å². The van der Waals surface area contributed by atoms with E-state index >= 15 is 0 Å². The van der Waals surface area contributed by atoms with E-state index in [1.807, 2.05) is 30.3 Å². The van der Waals surface area contributed by atoms with Crippen LogP contribution in [0.3, 0.4) is 0 Å². The Hall–Kier alpha value is -3.03. The van der Waals surface area contributed by atoms with Crippen LogP contribution in [0.25, 0.3) is 11.1 Å². The Balaban J connectivity index is 1.63. The fraction of sp³-hybridized carbons (Fsp3) is 0.227. The molecule has 1 aromatic heterocycles. The van der Waals surface area contributed by atoms with E-state index in [4.69, 9.17) is 14.3 Å². The van der Waals surface area contributed by atoms with Gasteiger partial charge in [-0.2, -0.15) is 5.06 Å². The number of benzene rings is 2. The van der Waals surface area contributed by atoms with Gasteiger partial charge in [0.25, 0.3) is 0 Å². The fourth-order valence-corrected chi connectivity index (χ4v) is 2.60. The number of ether oxygens (including phenoxy) is 2. The smallest absolute Gasteiger partial charge is 0.151 e. The van der Waals surface area contributed by atoms with Gasteiger partial charge in [0.15, 0.2) is 5.82 Å². The van der Waals surface area contributed by atoms with Crippen LogP contribution >= 0.6 is 0 Å². The zero-order chi connectivity index (χ0) is 20.6. The standard InChI is InChI=1S/C22H22F2N2O3/c1-26(27-2)10-11-28-18-13-21(24)22(25-14-18)15-29-17-8-9-20(23)19(12-17)16-6-4-3-5-7-16/h3-9,12-14H,10-11,15H2,1-2H3. The molecule has 0 aliphatic heterocycles. The molecular weight excluding hydrogens is 378 g/mol. The third-order valence-electron chi connectivity index (χ3n) is 4.28. The molecule has 3 aromatic rings. The van der Waals surface area contributed by atoms with Crippen molar-refractivity contribution in [2.45, 2.75) is 6.61 Å². The summed E-state index contributed by atoms with van der Waals surface area (Å²) in [5, 5.41) is 1.60. The largest absolute Gasteiger partial charge is 0.490 e. The molecular formula is C22H22F2N2O3. The third kappa shape index (κ3) is 5.73. The lowest BCUT2D eigenvalue weighted by molar-refractivity contribution is -0.113. The van der Waals surface area contributed by atoms with Crippen LogP contribution in [0.2, 0.25) is 0 Å². The third-order valence-corrected chi connectivity index (χ3v) is 4.28. The zero-order valence-corrected chi connectivity index (χ0v) is 16.3. The number of hydroxylamine groups is 2. The first-order valence-corrected chi connectivity index (χ1v) is 9.07. The molecule has 0 saturated heterocycles. The molecule has 0 aliphatic carbocycles. The topological polar surface area (TPSA) is 43.8 Å². The summed E-state index contributed by atoms with van der Waals surface area (Å²) in [5.74, 6) is -0.139. The van der Waals surface area contributed by atoms with Crippen LogP contribution in [0.15, 0.2) is 60.8 Å². The van der Waals surface area contributed by atoms with Crippen LogP contribution in [-0.4, -0.2) is 37.4 Å². The highest BCUT2D eigenvalue weighted by Gasteiger charge is 2.10. The number of likely N-dealkylation sites (N-methyl/N-ethyl adjacent to an activating group) is 1. The van der Waals surface area contributed by atoms with E-state index in [9.17, 15) is 8.78 Å². The summed E-state index contributed by atoms with van der Waals surface area (Å²) in [6.07, 6.45) is 1.44. The monoisotopic (exact) mass is 400 g/mol. The summed E-state index contributed by atoms with van der Waals surface area (Å²) < 4.78 is 39.5. The van der Waals surface area contributed by atoms with Gasteiger partial charge in [-0.1, -0.05) is 30.3 Å². The lowest BCUT2D eigenvalue weighted by Crippen LogP contribution is -2.23. The second-order valence-corrected chi connectivity index (χ2v) is 6.28. The van der Waals surface area contributed by atoms with E-state index < -0.39 is 5.82 Å². The number of pyridine rings is 1. The van der Waals surface area contributed by atoms with Gasteiger partial charge in [0.1, 0.15) is 36.2 Å². The van der Waals surface area contributed by atoms with E-state index in [1.54, 1.807) is 25.3 Å². The zero-order valence-electron chi connectivity index (χ0n) is 16.3. The Labute approximate surface area is 168 Å². The highest BCUT2D eigenvalue weighted by Crippen LogP contribution is 2.27. The Morgan fingerprint density at radius 3 is 2.45 bits per heavy atom. The molecule has 1 heterocycles. The first-order valence-electron chi connectivity index (χ1n) is 9.07. The summed E-state index contributed by atoms with van der Waals surface area (Å²) in [4.78, 5) is 9.04. The fourth-order valence-electron chi connectivity index (χ4n) is 2.60. The molecule has 0 unspecified atom stereocenters. The Bertz CT molecular complexity index is 939. The van der Waals surface area contributed by atoms with Crippen LogP contribution < -0.4 is 9.47 Å². The maximum Gasteiger partial charge on any atom is 0.151 e. The van der Waals surface area contributed by atoms with Gasteiger partial charge in [-0.25, -0.2) is 8.78 Å². The van der Waals surface area contributed by atoms with Crippen LogP contribution in [0, 0.1) is 11.6 Å².